The first-order valence-electron chi connectivity index (χ1n) is 7.26. The molecule has 106 valence electrons. The van der Waals surface area contributed by atoms with E-state index in [1.165, 1.54) is 18.4 Å². The van der Waals surface area contributed by atoms with Crippen molar-refractivity contribution in [2.24, 2.45) is 0 Å². The van der Waals surface area contributed by atoms with E-state index in [2.05, 4.69) is 27.0 Å². The van der Waals surface area contributed by atoms with Gasteiger partial charge in [0.25, 0.3) is 0 Å². The predicted molar refractivity (Wildman–Crippen MR) is 85.9 cm³/mol. The summed E-state index contributed by atoms with van der Waals surface area (Å²) in [6.45, 7) is 0.840. The van der Waals surface area contributed by atoms with E-state index in [4.69, 9.17) is 11.6 Å². The summed E-state index contributed by atoms with van der Waals surface area (Å²) in [7, 11) is 0. The Labute approximate surface area is 128 Å². The van der Waals surface area contributed by atoms with Gasteiger partial charge in [-0.15, -0.1) is 0 Å². The number of hydrogen-bond acceptors (Lipinski definition) is 2. The second-order valence-electron chi connectivity index (χ2n) is 5.51. The summed E-state index contributed by atoms with van der Waals surface area (Å²) in [5.74, 6) is 0. The molecule has 1 saturated carbocycles. The number of benzene rings is 2. The van der Waals surface area contributed by atoms with Crippen LogP contribution in [0.15, 0.2) is 48.8 Å². The Hall–Kier alpha value is -1.84. The van der Waals surface area contributed by atoms with Gasteiger partial charge in [-0.3, -0.25) is 4.57 Å². The van der Waals surface area contributed by atoms with Crippen LogP contribution < -0.4 is 5.32 Å². The Morgan fingerprint density at radius 3 is 2.86 bits per heavy atom. The molecule has 0 amide bonds. The number of halogens is 1. The van der Waals surface area contributed by atoms with Crippen LogP contribution in [0.25, 0.3) is 16.7 Å². The highest BCUT2D eigenvalue weighted by atomic mass is 35.5. The first-order chi connectivity index (χ1) is 10.3. The fourth-order valence-corrected chi connectivity index (χ4v) is 2.94. The predicted octanol–water partition coefficient (Wildman–Crippen LogP) is 3.93. The van der Waals surface area contributed by atoms with Gasteiger partial charge in [0.2, 0.25) is 0 Å². The van der Waals surface area contributed by atoms with Gasteiger partial charge in [-0.2, -0.15) is 0 Å². The summed E-state index contributed by atoms with van der Waals surface area (Å²) in [5, 5.41) is 4.32. The van der Waals surface area contributed by atoms with E-state index in [0.29, 0.717) is 6.04 Å². The zero-order valence-electron chi connectivity index (χ0n) is 11.6. The van der Waals surface area contributed by atoms with E-state index in [1.807, 2.05) is 36.7 Å². The van der Waals surface area contributed by atoms with Crippen LogP contribution in [0.3, 0.4) is 0 Å². The number of rotatable bonds is 4. The third-order valence-corrected chi connectivity index (χ3v) is 4.23. The van der Waals surface area contributed by atoms with Crippen LogP contribution in [0.5, 0.6) is 0 Å². The molecular formula is C17H16ClN3. The summed E-state index contributed by atoms with van der Waals surface area (Å²) in [5.41, 5.74) is 4.30. The van der Waals surface area contributed by atoms with Crippen molar-refractivity contribution in [3.8, 4) is 5.69 Å². The second kappa shape index (κ2) is 5.17. The molecular weight excluding hydrogens is 282 g/mol. The van der Waals surface area contributed by atoms with Gasteiger partial charge in [0.05, 0.1) is 21.7 Å². The average molecular weight is 298 g/mol. The van der Waals surface area contributed by atoms with Crippen molar-refractivity contribution in [3.05, 3.63) is 59.4 Å². The van der Waals surface area contributed by atoms with E-state index in [1.54, 1.807) is 0 Å². The van der Waals surface area contributed by atoms with Crippen LogP contribution in [0.2, 0.25) is 5.02 Å². The number of para-hydroxylation sites is 3. The summed E-state index contributed by atoms with van der Waals surface area (Å²) in [4.78, 5) is 4.47. The molecule has 4 rings (SSSR count). The molecule has 1 heterocycles. The smallest absolute Gasteiger partial charge is 0.100 e. The maximum Gasteiger partial charge on any atom is 0.100 e. The number of nitrogens with zero attached hydrogens (tertiary/aromatic N) is 2. The number of hydrogen-bond donors (Lipinski definition) is 1. The summed E-state index contributed by atoms with van der Waals surface area (Å²) < 4.78 is 2.08. The standard InChI is InChI=1S/C17H16ClN3/c18-14-5-3-4-12(10-19-13-8-9-13)17(14)21-11-20-15-6-1-2-7-16(15)21/h1-7,11,13,19H,8-10H2. The van der Waals surface area contributed by atoms with Gasteiger partial charge in [-0.1, -0.05) is 35.9 Å². The first kappa shape index (κ1) is 12.9. The molecule has 0 unspecified atom stereocenters. The minimum absolute atomic E-state index is 0.677. The Morgan fingerprint density at radius 1 is 1.14 bits per heavy atom. The van der Waals surface area contributed by atoms with Crippen molar-refractivity contribution < 1.29 is 0 Å². The monoisotopic (exact) mass is 297 g/mol. The van der Waals surface area contributed by atoms with E-state index in [-0.39, 0.29) is 0 Å². The van der Waals surface area contributed by atoms with Crippen LogP contribution in [0.1, 0.15) is 18.4 Å². The molecule has 1 aliphatic rings. The summed E-state index contributed by atoms with van der Waals surface area (Å²) in [6, 6.07) is 14.9. The van der Waals surface area contributed by atoms with Gasteiger partial charge in [0.15, 0.2) is 0 Å². The SMILES string of the molecule is Clc1cccc(CNC2CC2)c1-n1cnc2ccccc21. The lowest BCUT2D eigenvalue weighted by Crippen LogP contribution is -2.17. The number of imidazole rings is 1. The highest BCUT2D eigenvalue weighted by Gasteiger charge is 2.21. The first-order valence-corrected chi connectivity index (χ1v) is 7.64. The fourth-order valence-electron chi connectivity index (χ4n) is 2.65. The van der Waals surface area contributed by atoms with Gasteiger partial charge in [0.1, 0.15) is 6.33 Å². The summed E-state index contributed by atoms with van der Waals surface area (Å²) >= 11 is 6.48. The van der Waals surface area contributed by atoms with Crippen LogP contribution in [0.4, 0.5) is 0 Å². The fraction of sp³-hybridized carbons (Fsp3) is 0.235. The highest BCUT2D eigenvalue weighted by molar-refractivity contribution is 6.32. The largest absolute Gasteiger partial charge is 0.310 e. The van der Waals surface area contributed by atoms with Gasteiger partial charge in [-0.05, 0) is 36.6 Å². The third kappa shape index (κ3) is 2.43. The molecule has 3 aromatic rings. The van der Waals surface area contributed by atoms with Gasteiger partial charge in [0, 0.05) is 12.6 Å². The number of nitrogens with one attached hydrogen (secondary N) is 1. The lowest BCUT2D eigenvalue weighted by Gasteiger charge is -2.14. The minimum atomic E-state index is 0.677. The zero-order chi connectivity index (χ0) is 14.2. The van der Waals surface area contributed by atoms with Crippen molar-refractivity contribution >= 4 is 22.6 Å². The second-order valence-corrected chi connectivity index (χ2v) is 5.91. The van der Waals surface area contributed by atoms with E-state index in [0.717, 1.165) is 28.3 Å². The van der Waals surface area contributed by atoms with Gasteiger partial charge in [-0.25, -0.2) is 4.98 Å². The van der Waals surface area contributed by atoms with Crippen LogP contribution in [0, 0.1) is 0 Å². The van der Waals surface area contributed by atoms with Gasteiger partial charge < -0.3 is 5.32 Å². The zero-order valence-corrected chi connectivity index (χ0v) is 12.3. The molecule has 1 fully saturated rings. The Balaban J connectivity index is 1.82. The third-order valence-electron chi connectivity index (χ3n) is 3.92. The molecule has 0 saturated heterocycles. The molecule has 3 nitrogen and oxygen atoms in total. The molecule has 0 aliphatic heterocycles. The molecule has 0 atom stereocenters. The molecule has 1 aliphatic carbocycles. The van der Waals surface area contributed by atoms with Crippen LogP contribution in [-0.4, -0.2) is 15.6 Å². The lowest BCUT2D eigenvalue weighted by molar-refractivity contribution is 0.685. The van der Waals surface area contributed by atoms with Crippen molar-refractivity contribution in [2.45, 2.75) is 25.4 Å². The quantitative estimate of drug-likeness (QED) is 0.791. The molecule has 0 radical (unpaired) electrons. The number of fused-ring (bicyclic) bond motifs is 1. The van der Waals surface area contributed by atoms with Crippen molar-refractivity contribution in [3.63, 3.8) is 0 Å². The normalized spacial score (nSPS) is 14.7. The van der Waals surface area contributed by atoms with E-state index >= 15 is 0 Å². The molecule has 4 heteroatoms. The van der Waals surface area contributed by atoms with Crippen molar-refractivity contribution in [2.75, 3.05) is 0 Å². The minimum Gasteiger partial charge on any atom is -0.310 e. The van der Waals surface area contributed by atoms with Crippen LogP contribution in [-0.2, 0) is 6.54 Å². The van der Waals surface area contributed by atoms with Crippen LogP contribution >= 0.6 is 11.6 Å². The highest BCUT2D eigenvalue weighted by Crippen LogP contribution is 2.29. The molecule has 0 bridgehead atoms. The van der Waals surface area contributed by atoms with E-state index < -0.39 is 0 Å². The van der Waals surface area contributed by atoms with Crippen molar-refractivity contribution in [1.82, 2.24) is 14.9 Å². The Kier molecular flexibility index (Phi) is 3.17. The maximum atomic E-state index is 6.48. The van der Waals surface area contributed by atoms with E-state index in [9.17, 15) is 0 Å². The molecule has 1 aromatic heterocycles. The molecule has 2 aromatic carbocycles. The maximum absolute atomic E-state index is 6.48. The average Bonchev–Trinajstić information content (AvgIpc) is 3.24. The Morgan fingerprint density at radius 2 is 2.00 bits per heavy atom. The van der Waals surface area contributed by atoms with Crippen molar-refractivity contribution in [1.29, 1.82) is 0 Å². The lowest BCUT2D eigenvalue weighted by atomic mass is 10.1. The molecule has 0 spiro atoms. The Bertz CT molecular complexity index is 790. The summed E-state index contributed by atoms with van der Waals surface area (Å²) in [6.07, 6.45) is 4.42. The molecule has 1 N–H and O–H groups in total. The number of aromatic nitrogens is 2. The van der Waals surface area contributed by atoms with Gasteiger partial charge >= 0.3 is 0 Å². The topological polar surface area (TPSA) is 29.9 Å². The molecule has 21 heavy (non-hydrogen) atoms.